The molecule has 2 aromatic rings. The van der Waals surface area contributed by atoms with Crippen LogP contribution in [0.2, 0.25) is 0 Å². The van der Waals surface area contributed by atoms with Crippen molar-refractivity contribution in [3.8, 4) is 6.01 Å². The molecule has 2 aliphatic heterocycles. The second-order valence-corrected chi connectivity index (χ2v) is 7.49. The summed E-state index contributed by atoms with van der Waals surface area (Å²) in [6.07, 6.45) is 0.599. The van der Waals surface area contributed by atoms with Gasteiger partial charge in [-0.05, 0) is 32.0 Å². The smallest absolute Gasteiger partial charge is 0.325 e. The molecule has 0 N–H and O–H groups in total. The van der Waals surface area contributed by atoms with Gasteiger partial charge in [-0.15, -0.1) is 0 Å². The minimum Gasteiger partial charge on any atom is -0.458 e. The van der Waals surface area contributed by atoms with Crippen LogP contribution in [-0.4, -0.2) is 70.5 Å². The first kappa shape index (κ1) is 19.2. The SMILES string of the molecule is Cc1cc(C)nc(O[C@H]2CCN(C(=O)CN3CCN(c4ccccc4)C3=O)C2)n1. The highest BCUT2D eigenvalue weighted by Gasteiger charge is 2.34. The number of aryl methyl sites for hydroxylation is 2. The van der Waals surface area contributed by atoms with Crippen LogP contribution in [0.25, 0.3) is 0 Å². The van der Waals surface area contributed by atoms with Gasteiger partial charge >= 0.3 is 12.0 Å². The molecule has 0 radical (unpaired) electrons. The summed E-state index contributed by atoms with van der Waals surface area (Å²) in [5.41, 5.74) is 2.57. The van der Waals surface area contributed by atoms with Crippen LogP contribution in [0.15, 0.2) is 36.4 Å². The van der Waals surface area contributed by atoms with Gasteiger partial charge in [0.2, 0.25) is 5.91 Å². The molecule has 3 amide bonds. The zero-order chi connectivity index (χ0) is 20.4. The van der Waals surface area contributed by atoms with Crippen LogP contribution in [0.4, 0.5) is 10.5 Å². The predicted molar refractivity (Wildman–Crippen MR) is 108 cm³/mol. The molecule has 3 heterocycles. The Balaban J connectivity index is 1.31. The van der Waals surface area contributed by atoms with Crippen molar-refractivity contribution in [3.05, 3.63) is 47.8 Å². The van der Waals surface area contributed by atoms with E-state index in [0.29, 0.717) is 32.2 Å². The highest BCUT2D eigenvalue weighted by atomic mass is 16.5. The number of urea groups is 1. The van der Waals surface area contributed by atoms with E-state index in [-0.39, 0.29) is 24.6 Å². The Morgan fingerprint density at radius 1 is 1.10 bits per heavy atom. The average Bonchev–Trinajstić information content (AvgIpc) is 3.29. The summed E-state index contributed by atoms with van der Waals surface area (Å²) in [4.78, 5) is 39.1. The molecule has 0 bridgehead atoms. The minimum absolute atomic E-state index is 0.0549. The second-order valence-electron chi connectivity index (χ2n) is 7.49. The number of para-hydroxylation sites is 1. The summed E-state index contributed by atoms with van der Waals surface area (Å²) < 4.78 is 5.88. The number of hydrogen-bond donors (Lipinski definition) is 0. The standard InChI is InChI=1S/C21H25N5O3/c1-15-12-16(2)23-20(22-15)29-18-8-9-24(13-18)19(27)14-25-10-11-26(21(25)28)17-6-4-3-5-7-17/h3-7,12,18H,8-11,13-14H2,1-2H3/t18-/m0/s1. The highest BCUT2D eigenvalue weighted by Crippen LogP contribution is 2.21. The molecule has 29 heavy (non-hydrogen) atoms. The molecule has 0 unspecified atom stereocenters. The molecule has 4 rings (SSSR count). The summed E-state index contributed by atoms with van der Waals surface area (Å²) in [7, 11) is 0. The summed E-state index contributed by atoms with van der Waals surface area (Å²) in [5.74, 6) is -0.0549. The van der Waals surface area contributed by atoms with E-state index in [1.165, 1.54) is 0 Å². The van der Waals surface area contributed by atoms with Crippen molar-refractivity contribution < 1.29 is 14.3 Å². The quantitative estimate of drug-likeness (QED) is 0.774. The molecule has 0 saturated carbocycles. The van der Waals surface area contributed by atoms with E-state index in [1.54, 1.807) is 14.7 Å². The molecule has 1 atom stereocenters. The number of rotatable bonds is 5. The molecule has 8 nitrogen and oxygen atoms in total. The number of benzene rings is 1. The number of aromatic nitrogens is 2. The maximum atomic E-state index is 12.7. The summed E-state index contributed by atoms with van der Waals surface area (Å²) >= 11 is 0. The largest absolute Gasteiger partial charge is 0.458 e. The number of carbonyl (C=O) groups is 2. The summed E-state index contributed by atoms with van der Waals surface area (Å²) in [6.45, 7) is 6.12. The third kappa shape index (κ3) is 4.31. The monoisotopic (exact) mass is 395 g/mol. The lowest BCUT2D eigenvalue weighted by molar-refractivity contribution is -0.130. The van der Waals surface area contributed by atoms with Crippen molar-refractivity contribution in [3.63, 3.8) is 0 Å². The van der Waals surface area contributed by atoms with Gasteiger partial charge in [0.1, 0.15) is 12.6 Å². The molecule has 0 aliphatic carbocycles. The minimum atomic E-state index is -0.129. The van der Waals surface area contributed by atoms with E-state index < -0.39 is 0 Å². The second kappa shape index (κ2) is 8.06. The molecule has 2 saturated heterocycles. The fourth-order valence-corrected chi connectivity index (χ4v) is 3.79. The van der Waals surface area contributed by atoms with Gasteiger partial charge in [-0.25, -0.2) is 14.8 Å². The number of hydrogen-bond acceptors (Lipinski definition) is 5. The summed E-state index contributed by atoms with van der Waals surface area (Å²) in [6, 6.07) is 11.7. The van der Waals surface area contributed by atoms with Crippen molar-refractivity contribution in [2.24, 2.45) is 0 Å². The fraction of sp³-hybridized carbons (Fsp3) is 0.429. The lowest BCUT2D eigenvalue weighted by Gasteiger charge is -2.22. The topological polar surface area (TPSA) is 78.9 Å². The van der Waals surface area contributed by atoms with Gasteiger partial charge in [-0.1, -0.05) is 18.2 Å². The molecule has 2 aliphatic rings. The van der Waals surface area contributed by atoms with Gasteiger partial charge in [0.25, 0.3) is 0 Å². The number of ether oxygens (including phenoxy) is 1. The maximum absolute atomic E-state index is 12.7. The molecule has 152 valence electrons. The van der Waals surface area contributed by atoms with E-state index in [4.69, 9.17) is 4.74 Å². The van der Waals surface area contributed by atoms with Gasteiger partial charge in [-0.2, -0.15) is 0 Å². The van der Waals surface area contributed by atoms with Crippen LogP contribution in [0, 0.1) is 13.8 Å². The zero-order valence-corrected chi connectivity index (χ0v) is 16.7. The van der Waals surface area contributed by atoms with Crippen LogP contribution >= 0.6 is 0 Å². The Labute approximate surface area is 170 Å². The van der Waals surface area contributed by atoms with E-state index in [9.17, 15) is 9.59 Å². The van der Waals surface area contributed by atoms with Gasteiger partial charge in [0, 0.05) is 43.1 Å². The van der Waals surface area contributed by atoms with Crippen molar-refractivity contribution in [1.29, 1.82) is 0 Å². The van der Waals surface area contributed by atoms with E-state index >= 15 is 0 Å². The first-order chi connectivity index (χ1) is 14.0. The molecule has 8 heteroatoms. The molecular weight excluding hydrogens is 370 g/mol. The zero-order valence-electron chi connectivity index (χ0n) is 16.7. The van der Waals surface area contributed by atoms with Crippen LogP contribution < -0.4 is 9.64 Å². The highest BCUT2D eigenvalue weighted by molar-refractivity contribution is 5.96. The number of nitrogens with zero attached hydrogens (tertiary/aromatic N) is 5. The lowest BCUT2D eigenvalue weighted by atomic mass is 10.3. The third-order valence-electron chi connectivity index (χ3n) is 5.22. The normalized spacial score (nSPS) is 19.2. The van der Waals surface area contributed by atoms with Crippen molar-refractivity contribution in [1.82, 2.24) is 19.8 Å². The Kier molecular flexibility index (Phi) is 5.33. The number of likely N-dealkylation sites (tertiary alicyclic amines) is 1. The Hall–Kier alpha value is -3.16. The van der Waals surface area contributed by atoms with Gasteiger partial charge in [-0.3, -0.25) is 9.69 Å². The van der Waals surface area contributed by atoms with Crippen LogP contribution in [0.3, 0.4) is 0 Å². The van der Waals surface area contributed by atoms with Gasteiger partial charge < -0.3 is 14.5 Å². The number of carbonyl (C=O) groups excluding carboxylic acids is 2. The van der Waals surface area contributed by atoms with Gasteiger partial charge in [0.15, 0.2) is 0 Å². The number of amides is 3. The van der Waals surface area contributed by atoms with Crippen LogP contribution in [-0.2, 0) is 4.79 Å². The van der Waals surface area contributed by atoms with E-state index in [2.05, 4.69) is 9.97 Å². The first-order valence-electron chi connectivity index (χ1n) is 9.88. The Bertz CT molecular complexity index is 884. The van der Waals surface area contributed by atoms with Gasteiger partial charge in [0.05, 0.1) is 6.54 Å². The Morgan fingerprint density at radius 2 is 1.83 bits per heavy atom. The molecular formula is C21H25N5O3. The predicted octanol–water partition coefficient (Wildman–Crippen LogP) is 2.02. The first-order valence-corrected chi connectivity index (χ1v) is 9.88. The molecule has 2 fully saturated rings. The summed E-state index contributed by atoms with van der Waals surface area (Å²) in [5, 5.41) is 0. The van der Waals surface area contributed by atoms with E-state index in [0.717, 1.165) is 23.5 Å². The van der Waals surface area contributed by atoms with Crippen molar-refractivity contribution >= 4 is 17.6 Å². The lowest BCUT2D eigenvalue weighted by Crippen LogP contribution is -2.42. The fourth-order valence-electron chi connectivity index (χ4n) is 3.79. The molecule has 1 aromatic heterocycles. The van der Waals surface area contributed by atoms with Crippen LogP contribution in [0.5, 0.6) is 6.01 Å². The average molecular weight is 395 g/mol. The van der Waals surface area contributed by atoms with Crippen molar-refractivity contribution in [2.45, 2.75) is 26.4 Å². The van der Waals surface area contributed by atoms with E-state index in [1.807, 2.05) is 50.2 Å². The molecule has 1 aromatic carbocycles. The number of anilines is 1. The third-order valence-corrected chi connectivity index (χ3v) is 5.22. The Morgan fingerprint density at radius 3 is 2.55 bits per heavy atom. The van der Waals surface area contributed by atoms with Crippen molar-refractivity contribution in [2.75, 3.05) is 37.6 Å². The maximum Gasteiger partial charge on any atom is 0.325 e. The van der Waals surface area contributed by atoms with Crippen LogP contribution in [0.1, 0.15) is 17.8 Å². The molecule has 0 spiro atoms.